The lowest BCUT2D eigenvalue weighted by Crippen LogP contribution is -2.45. The van der Waals surface area contributed by atoms with E-state index in [2.05, 4.69) is 9.55 Å². The largest absolute Gasteiger partial charge is 0.332 e. The number of likely N-dealkylation sites (tertiary alicyclic amines) is 1. The van der Waals surface area contributed by atoms with E-state index in [-0.39, 0.29) is 6.03 Å². The molecule has 3 heterocycles. The lowest BCUT2D eigenvalue weighted by Gasteiger charge is -2.31. The third-order valence-electron chi connectivity index (χ3n) is 3.39. The molecular weight excluding hydrogens is 204 g/mol. The van der Waals surface area contributed by atoms with Gasteiger partial charge in [-0.15, -0.1) is 0 Å². The van der Waals surface area contributed by atoms with Crippen LogP contribution in [0.2, 0.25) is 0 Å². The zero-order chi connectivity index (χ0) is 11.0. The third kappa shape index (κ3) is 1.56. The summed E-state index contributed by atoms with van der Waals surface area (Å²) in [4.78, 5) is 20.3. The molecule has 1 saturated heterocycles. The molecule has 0 atom stereocenters. The van der Waals surface area contributed by atoms with Crippen molar-refractivity contribution in [3.05, 3.63) is 18.2 Å². The summed E-state index contributed by atoms with van der Waals surface area (Å²) in [7, 11) is 0. The van der Waals surface area contributed by atoms with Gasteiger partial charge in [0.2, 0.25) is 0 Å². The Kier molecular flexibility index (Phi) is 2.31. The molecule has 1 aromatic rings. The Labute approximate surface area is 94.7 Å². The zero-order valence-corrected chi connectivity index (χ0v) is 9.30. The first kappa shape index (κ1) is 9.69. The molecule has 86 valence electrons. The molecule has 0 unspecified atom stereocenters. The standard InChI is InChI=1S/C11H16N4O/c16-11(14-4-1-2-5-14)15-8-7-13-6-3-12-10(13)9-15/h3,6H,1-2,4-5,7-9H2. The molecule has 2 amide bonds. The van der Waals surface area contributed by atoms with Crippen molar-refractivity contribution in [2.75, 3.05) is 19.6 Å². The van der Waals surface area contributed by atoms with Crippen LogP contribution in [0.4, 0.5) is 4.79 Å². The fraction of sp³-hybridized carbons (Fsp3) is 0.636. The number of urea groups is 1. The van der Waals surface area contributed by atoms with E-state index in [1.54, 1.807) is 6.20 Å². The maximum absolute atomic E-state index is 12.1. The van der Waals surface area contributed by atoms with Gasteiger partial charge in [-0.25, -0.2) is 9.78 Å². The first-order valence-corrected chi connectivity index (χ1v) is 5.88. The summed E-state index contributed by atoms with van der Waals surface area (Å²) in [6.45, 7) is 4.17. The molecule has 1 aromatic heterocycles. The summed E-state index contributed by atoms with van der Waals surface area (Å²) in [6.07, 6.45) is 6.08. The second-order valence-electron chi connectivity index (χ2n) is 4.44. The van der Waals surface area contributed by atoms with Gasteiger partial charge in [-0.1, -0.05) is 0 Å². The lowest BCUT2D eigenvalue weighted by atomic mass is 10.3. The highest BCUT2D eigenvalue weighted by Crippen LogP contribution is 2.15. The van der Waals surface area contributed by atoms with Crippen molar-refractivity contribution in [3.63, 3.8) is 0 Å². The number of aromatic nitrogens is 2. The van der Waals surface area contributed by atoms with Crippen molar-refractivity contribution < 1.29 is 4.79 Å². The molecule has 0 N–H and O–H groups in total. The van der Waals surface area contributed by atoms with E-state index < -0.39 is 0 Å². The molecule has 0 saturated carbocycles. The Hall–Kier alpha value is -1.52. The van der Waals surface area contributed by atoms with E-state index >= 15 is 0 Å². The number of nitrogens with zero attached hydrogens (tertiary/aromatic N) is 4. The Bertz CT molecular complexity index is 394. The second-order valence-corrected chi connectivity index (χ2v) is 4.44. The predicted octanol–water partition coefficient (Wildman–Crippen LogP) is 0.914. The molecule has 5 heteroatoms. The molecule has 2 aliphatic rings. The number of hydrogen-bond acceptors (Lipinski definition) is 2. The number of carbonyl (C=O) groups excluding carboxylic acids is 1. The molecule has 0 bridgehead atoms. The summed E-state index contributed by atoms with van der Waals surface area (Å²) < 4.78 is 2.12. The number of carbonyl (C=O) groups is 1. The monoisotopic (exact) mass is 220 g/mol. The molecule has 3 rings (SSSR count). The van der Waals surface area contributed by atoms with Crippen LogP contribution in [0.25, 0.3) is 0 Å². The van der Waals surface area contributed by atoms with Crippen LogP contribution < -0.4 is 0 Å². The van der Waals surface area contributed by atoms with Gasteiger partial charge in [-0.05, 0) is 12.8 Å². The molecule has 0 aromatic carbocycles. The first-order valence-electron chi connectivity index (χ1n) is 5.88. The van der Waals surface area contributed by atoms with Gasteiger partial charge in [0.05, 0.1) is 6.54 Å². The summed E-state index contributed by atoms with van der Waals surface area (Å²) in [5.41, 5.74) is 0. The van der Waals surface area contributed by atoms with Crippen molar-refractivity contribution >= 4 is 6.03 Å². The number of amides is 2. The van der Waals surface area contributed by atoms with Crippen molar-refractivity contribution in [3.8, 4) is 0 Å². The molecular formula is C11H16N4O. The molecule has 16 heavy (non-hydrogen) atoms. The van der Waals surface area contributed by atoms with Gasteiger partial charge >= 0.3 is 6.03 Å². The number of rotatable bonds is 0. The molecule has 2 aliphatic heterocycles. The van der Waals surface area contributed by atoms with Crippen LogP contribution in [0, 0.1) is 0 Å². The number of imidazole rings is 1. The van der Waals surface area contributed by atoms with E-state index in [9.17, 15) is 4.79 Å². The molecule has 0 radical (unpaired) electrons. The van der Waals surface area contributed by atoms with Crippen LogP contribution in [-0.4, -0.2) is 45.0 Å². The topological polar surface area (TPSA) is 41.4 Å². The van der Waals surface area contributed by atoms with Gasteiger partial charge < -0.3 is 14.4 Å². The van der Waals surface area contributed by atoms with E-state index in [0.717, 1.165) is 44.8 Å². The highest BCUT2D eigenvalue weighted by molar-refractivity contribution is 5.74. The fourth-order valence-electron chi connectivity index (χ4n) is 2.45. The van der Waals surface area contributed by atoms with Gasteiger partial charge in [0.25, 0.3) is 0 Å². The lowest BCUT2D eigenvalue weighted by molar-refractivity contribution is 0.148. The minimum absolute atomic E-state index is 0.187. The predicted molar refractivity (Wildman–Crippen MR) is 58.8 cm³/mol. The smallest absolute Gasteiger partial charge is 0.320 e. The van der Waals surface area contributed by atoms with E-state index in [1.165, 1.54) is 0 Å². The Morgan fingerprint density at radius 1 is 1.12 bits per heavy atom. The van der Waals surface area contributed by atoms with E-state index in [1.807, 2.05) is 16.0 Å². The van der Waals surface area contributed by atoms with Gasteiger partial charge in [0.15, 0.2) is 0 Å². The highest BCUT2D eigenvalue weighted by Gasteiger charge is 2.26. The number of fused-ring (bicyclic) bond motifs is 1. The number of hydrogen-bond donors (Lipinski definition) is 0. The van der Waals surface area contributed by atoms with Crippen LogP contribution >= 0.6 is 0 Å². The summed E-state index contributed by atoms with van der Waals surface area (Å²) in [5, 5.41) is 0. The molecule has 0 aliphatic carbocycles. The Morgan fingerprint density at radius 3 is 2.75 bits per heavy atom. The molecule has 5 nitrogen and oxygen atoms in total. The SMILES string of the molecule is O=C(N1CCCC1)N1CCn2ccnc2C1. The Morgan fingerprint density at radius 2 is 1.94 bits per heavy atom. The van der Waals surface area contributed by atoms with Crippen LogP contribution in [0.3, 0.4) is 0 Å². The fourth-order valence-corrected chi connectivity index (χ4v) is 2.45. The van der Waals surface area contributed by atoms with Gasteiger partial charge in [-0.2, -0.15) is 0 Å². The first-order chi connectivity index (χ1) is 7.84. The normalized spacial score (nSPS) is 20.0. The van der Waals surface area contributed by atoms with Crippen LogP contribution in [0.1, 0.15) is 18.7 Å². The van der Waals surface area contributed by atoms with Crippen LogP contribution in [-0.2, 0) is 13.1 Å². The minimum Gasteiger partial charge on any atom is -0.332 e. The van der Waals surface area contributed by atoms with Crippen molar-refractivity contribution in [2.24, 2.45) is 0 Å². The average molecular weight is 220 g/mol. The van der Waals surface area contributed by atoms with Crippen molar-refractivity contribution in [1.82, 2.24) is 19.4 Å². The van der Waals surface area contributed by atoms with Crippen molar-refractivity contribution in [1.29, 1.82) is 0 Å². The van der Waals surface area contributed by atoms with Gasteiger partial charge in [0.1, 0.15) is 5.82 Å². The zero-order valence-electron chi connectivity index (χ0n) is 9.30. The second kappa shape index (κ2) is 3.81. The summed E-state index contributed by atoms with van der Waals surface area (Å²) in [6, 6.07) is 0.187. The van der Waals surface area contributed by atoms with Crippen LogP contribution in [0.5, 0.6) is 0 Å². The van der Waals surface area contributed by atoms with Crippen LogP contribution in [0.15, 0.2) is 12.4 Å². The van der Waals surface area contributed by atoms with Crippen molar-refractivity contribution in [2.45, 2.75) is 25.9 Å². The minimum atomic E-state index is 0.187. The molecule has 0 spiro atoms. The highest BCUT2D eigenvalue weighted by atomic mass is 16.2. The van der Waals surface area contributed by atoms with Gasteiger partial charge in [0, 0.05) is 38.6 Å². The summed E-state index contributed by atoms with van der Waals surface area (Å²) >= 11 is 0. The maximum atomic E-state index is 12.1. The average Bonchev–Trinajstić information content (AvgIpc) is 2.98. The third-order valence-corrected chi connectivity index (χ3v) is 3.39. The quantitative estimate of drug-likeness (QED) is 0.652. The maximum Gasteiger partial charge on any atom is 0.320 e. The Balaban J connectivity index is 1.71. The summed E-state index contributed by atoms with van der Waals surface area (Å²) in [5.74, 6) is 0.999. The van der Waals surface area contributed by atoms with Gasteiger partial charge in [-0.3, -0.25) is 0 Å². The van der Waals surface area contributed by atoms with E-state index in [4.69, 9.17) is 0 Å². The molecule has 1 fully saturated rings. The van der Waals surface area contributed by atoms with E-state index in [0.29, 0.717) is 6.54 Å².